The predicted octanol–water partition coefficient (Wildman–Crippen LogP) is 2.92. The van der Waals surface area contributed by atoms with Crippen molar-refractivity contribution < 1.29 is 4.79 Å². The summed E-state index contributed by atoms with van der Waals surface area (Å²) in [5, 5.41) is 2.96. The molecule has 1 aromatic heterocycles. The maximum Gasteiger partial charge on any atom is 0.254 e. The van der Waals surface area contributed by atoms with Crippen molar-refractivity contribution in [3.8, 4) is 0 Å². The maximum absolute atomic E-state index is 12.0. The summed E-state index contributed by atoms with van der Waals surface area (Å²) in [6, 6.07) is 1.73. The molecule has 0 radical (unpaired) electrons. The van der Waals surface area contributed by atoms with Gasteiger partial charge in [0.05, 0.1) is 5.56 Å². The number of nitrogen functional groups attached to an aromatic ring is 1. The van der Waals surface area contributed by atoms with Crippen molar-refractivity contribution in [2.75, 3.05) is 12.3 Å². The van der Waals surface area contributed by atoms with Crippen LogP contribution in [0.1, 0.15) is 55.1 Å². The van der Waals surface area contributed by atoms with E-state index < -0.39 is 0 Å². The minimum Gasteiger partial charge on any atom is -0.398 e. The highest BCUT2D eigenvalue weighted by Gasteiger charge is 2.18. The number of nitrogens with two attached hydrogens (primary N) is 1. The van der Waals surface area contributed by atoms with Gasteiger partial charge in [0.1, 0.15) is 0 Å². The minimum absolute atomic E-state index is 0.112. The standard InChI is InChI=1S/C16H25N3O/c1-11-3-5-13(6-4-11)7-8-18-16(20)14-10-19-12(2)9-15(14)17/h9-11,13H,3-8H2,1-2H3,(H2,17,19)(H,18,20). The lowest BCUT2D eigenvalue weighted by atomic mass is 9.81. The Kier molecular flexibility index (Phi) is 4.99. The Hall–Kier alpha value is -1.58. The van der Waals surface area contributed by atoms with E-state index in [9.17, 15) is 4.79 Å². The molecule has 0 spiro atoms. The van der Waals surface area contributed by atoms with Gasteiger partial charge in [0.2, 0.25) is 0 Å². The molecule has 0 aromatic carbocycles. The van der Waals surface area contributed by atoms with E-state index in [4.69, 9.17) is 5.73 Å². The molecule has 0 saturated heterocycles. The van der Waals surface area contributed by atoms with Crippen molar-refractivity contribution in [2.45, 2.75) is 46.0 Å². The Labute approximate surface area is 121 Å². The van der Waals surface area contributed by atoms with Gasteiger partial charge in [-0.1, -0.05) is 32.6 Å². The Balaban J connectivity index is 1.77. The van der Waals surface area contributed by atoms with Crippen LogP contribution in [0.15, 0.2) is 12.3 Å². The van der Waals surface area contributed by atoms with Gasteiger partial charge in [-0.3, -0.25) is 9.78 Å². The molecule has 0 aliphatic heterocycles. The van der Waals surface area contributed by atoms with E-state index in [1.807, 2.05) is 6.92 Å². The van der Waals surface area contributed by atoms with Crippen molar-refractivity contribution in [1.29, 1.82) is 0 Å². The van der Waals surface area contributed by atoms with Crippen LogP contribution in [-0.2, 0) is 0 Å². The van der Waals surface area contributed by atoms with E-state index in [1.165, 1.54) is 25.7 Å². The Morgan fingerprint density at radius 2 is 2.10 bits per heavy atom. The zero-order valence-corrected chi connectivity index (χ0v) is 12.5. The van der Waals surface area contributed by atoms with Gasteiger partial charge in [0.15, 0.2) is 0 Å². The van der Waals surface area contributed by atoms with Crippen LogP contribution in [0.3, 0.4) is 0 Å². The SMILES string of the molecule is Cc1cc(N)c(C(=O)NCCC2CCC(C)CC2)cn1. The van der Waals surface area contributed by atoms with Crippen LogP contribution < -0.4 is 11.1 Å². The largest absolute Gasteiger partial charge is 0.398 e. The van der Waals surface area contributed by atoms with E-state index in [0.29, 0.717) is 11.3 Å². The van der Waals surface area contributed by atoms with E-state index in [0.717, 1.165) is 30.5 Å². The molecule has 1 aliphatic rings. The van der Waals surface area contributed by atoms with Crippen LogP contribution in [0.4, 0.5) is 5.69 Å². The number of pyridine rings is 1. The van der Waals surface area contributed by atoms with Crippen LogP contribution in [-0.4, -0.2) is 17.4 Å². The minimum atomic E-state index is -0.112. The number of hydrogen-bond acceptors (Lipinski definition) is 3. The third kappa shape index (κ3) is 3.95. The molecule has 1 amide bonds. The summed E-state index contributed by atoms with van der Waals surface area (Å²) in [7, 11) is 0. The van der Waals surface area contributed by atoms with Crippen molar-refractivity contribution in [3.63, 3.8) is 0 Å². The number of nitrogens with one attached hydrogen (secondary N) is 1. The molecule has 1 heterocycles. The van der Waals surface area contributed by atoms with Gasteiger partial charge in [-0.15, -0.1) is 0 Å². The third-order valence-electron chi connectivity index (χ3n) is 4.29. The highest BCUT2D eigenvalue weighted by atomic mass is 16.1. The zero-order chi connectivity index (χ0) is 14.5. The van der Waals surface area contributed by atoms with Crippen molar-refractivity contribution in [2.24, 2.45) is 11.8 Å². The van der Waals surface area contributed by atoms with Crippen molar-refractivity contribution in [3.05, 3.63) is 23.5 Å². The average Bonchev–Trinajstić information content (AvgIpc) is 2.41. The highest BCUT2D eigenvalue weighted by Crippen LogP contribution is 2.29. The first-order valence-corrected chi connectivity index (χ1v) is 7.56. The monoisotopic (exact) mass is 275 g/mol. The summed E-state index contributed by atoms with van der Waals surface area (Å²) < 4.78 is 0. The van der Waals surface area contributed by atoms with Crippen LogP contribution in [0.5, 0.6) is 0 Å². The lowest BCUT2D eigenvalue weighted by molar-refractivity contribution is 0.0950. The molecule has 1 aliphatic carbocycles. The maximum atomic E-state index is 12.0. The number of carbonyl (C=O) groups is 1. The zero-order valence-electron chi connectivity index (χ0n) is 12.5. The summed E-state index contributed by atoms with van der Waals surface area (Å²) in [4.78, 5) is 16.2. The average molecular weight is 275 g/mol. The van der Waals surface area contributed by atoms with Crippen LogP contribution >= 0.6 is 0 Å². The molecule has 2 rings (SSSR count). The van der Waals surface area contributed by atoms with Gasteiger partial charge in [0.25, 0.3) is 5.91 Å². The highest BCUT2D eigenvalue weighted by molar-refractivity contribution is 5.98. The van der Waals surface area contributed by atoms with Gasteiger partial charge in [-0.05, 0) is 31.2 Å². The van der Waals surface area contributed by atoms with E-state index in [-0.39, 0.29) is 5.91 Å². The fourth-order valence-electron chi connectivity index (χ4n) is 2.87. The van der Waals surface area contributed by atoms with E-state index >= 15 is 0 Å². The van der Waals surface area contributed by atoms with Crippen molar-refractivity contribution in [1.82, 2.24) is 10.3 Å². The molecule has 0 bridgehead atoms. The van der Waals surface area contributed by atoms with E-state index in [1.54, 1.807) is 12.3 Å². The number of rotatable bonds is 4. The quantitative estimate of drug-likeness (QED) is 0.887. The third-order valence-corrected chi connectivity index (χ3v) is 4.29. The number of hydrogen-bond donors (Lipinski definition) is 2. The molecular formula is C16H25N3O. The van der Waals surface area contributed by atoms with Crippen LogP contribution in [0.25, 0.3) is 0 Å². The summed E-state index contributed by atoms with van der Waals surface area (Å²) in [5.41, 5.74) is 7.66. The molecule has 20 heavy (non-hydrogen) atoms. The molecular weight excluding hydrogens is 250 g/mol. The fraction of sp³-hybridized carbons (Fsp3) is 0.625. The number of anilines is 1. The second kappa shape index (κ2) is 6.73. The first kappa shape index (κ1) is 14.8. The second-order valence-electron chi connectivity index (χ2n) is 6.08. The van der Waals surface area contributed by atoms with Gasteiger partial charge in [-0.2, -0.15) is 0 Å². The molecule has 1 fully saturated rings. The first-order valence-electron chi connectivity index (χ1n) is 7.56. The molecule has 0 unspecified atom stereocenters. The number of nitrogens with zero attached hydrogens (tertiary/aromatic N) is 1. The van der Waals surface area contributed by atoms with Gasteiger partial charge >= 0.3 is 0 Å². The molecule has 4 nitrogen and oxygen atoms in total. The fourth-order valence-corrected chi connectivity index (χ4v) is 2.87. The van der Waals surface area contributed by atoms with E-state index in [2.05, 4.69) is 17.2 Å². The van der Waals surface area contributed by atoms with Gasteiger partial charge < -0.3 is 11.1 Å². The first-order chi connectivity index (χ1) is 9.56. The number of aromatic nitrogens is 1. The summed E-state index contributed by atoms with van der Waals surface area (Å²) in [6.45, 7) is 4.92. The number of amides is 1. The lowest BCUT2D eigenvalue weighted by Crippen LogP contribution is -2.27. The molecule has 0 atom stereocenters. The molecule has 1 aromatic rings. The Morgan fingerprint density at radius 1 is 1.40 bits per heavy atom. The van der Waals surface area contributed by atoms with Crippen LogP contribution in [0.2, 0.25) is 0 Å². The molecule has 3 N–H and O–H groups in total. The molecule has 110 valence electrons. The summed E-state index contributed by atoms with van der Waals surface area (Å²) in [6.07, 6.45) is 7.87. The predicted molar refractivity (Wildman–Crippen MR) is 81.5 cm³/mol. The number of aryl methyl sites for hydroxylation is 1. The number of carbonyl (C=O) groups excluding carboxylic acids is 1. The van der Waals surface area contributed by atoms with Gasteiger partial charge in [0, 0.05) is 24.1 Å². The second-order valence-corrected chi connectivity index (χ2v) is 6.08. The van der Waals surface area contributed by atoms with Gasteiger partial charge in [-0.25, -0.2) is 0 Å². The smallest absolute Gasteiger partial charge is 0.254 e. The summed E-state index contributed by atoms with van der Waals surface area (Å²) >= 11 is 0. The molecule has 1 saturated carbocycles. The van der Waals surface area contributed by atoms with Crippen LogP contribution in [0, 0.1) is 18.8 Å². The van der Waals surface area contributed by atoms with Crippen molar-refractivity contribution >= 4 is 11.6 Å². The normalized spacial score (nSPS) is 22.5. The summed E-state index contributed by atoms with van der Waals surface area (Å²) in [5.74, 6) is 1.53. The Bertz CT molecular complexity index is 465. The topological polar surface area (TPSA) is 68.0 Å². The molecule has 4 heteroatoms. The Morgan fingerprint density at radius 3 is 2.75 bits per heavy atom. The lowest BCUT2D eigenvalue weighted by Gasteiger charge is -2.26.